The van der Waals surface area contributed by atoms with Crippen LogP contribution in [0, 0.1) is 13.8 Å². The number of para-hydroxylation sites is 1. The number of rotatable bonds is 3. The first-order valence-corrected chi connectivity index (χ1v) is 8.68. The van der Waals surface area contributed by atoms with E-state index in [0.29, 0.717) is 6.42 Å². The van der Waals surface area contributed by atoms with E-state index in [1.165, 1.54) is 0 Å². The molecule has 2 unspecified atom stereocenters. The molecule has 1 fully saturated rings. The molecule has 24 heavy (non-hydrogen) atoms. The molecule has 4 rings (SSSR count). The van der Waals surface area contributed by atoms with Crippen molar-refractivity contribution in [2.45, 2.75) is 51.8 Å². The maximum absolute atomic E-state index is 13.0. The highest BCUT2D eigenvalue weighted by Crippen LogP contribution is 2.30. The summed E-state index contributed by atoms with van der Waals surface area (Å²) in [5.74, 6) is 0.973. The van der Waals surface area contributed by atoms with Crippen LogP contribution in [0.1, 0.15) is 29.8 Å². The fourth-order valence-electron chi connectivity index (χ4n) is 3.88. The molecule has 0 aliphatic carbocycles. The predicted octanol–water partition coefficient (Wildman–Crippen LogP) is 2.49. The van der Waals surface area contributed by atoms with E-state index in [-0.39, 0.29) is 18.1 Å². The van der Waals surface area contributed by atoms with Gasteiger partial charge < -0.3 is 9.64 Å². The number of carbonyl (C=O) groups is 1. The Morgan fingerprint density at radius 1 is 1.33 bits per heavy atom. The molecule has 126 valence electrons. The summed E-state index contributed by atoms with van der Waals surface area (Å²) in [6.45, 7) is 5.66. The molecule has 0 radical (unpaired) electrons. The quantitative estimate of drug-likeness (QED) is 0.871. The first kappa shape index (κ1) is 15.2. The number of hydrogen-bond acceptors (Lipinski definition) is 3. The van der Waals surface area contributed by atoms with E-state index in [1.54, 1.807) is 0 Å². The van der Waals surface area contributed by atoms with Crippen LogP contribution >= 0.6 is 0 Å². The minimum absolute atomic E-state index is 0.121. The van der Waals surface area contributed by atoms with Crippen LogP contribution in [0.25, 0.3) is 0 Å². The number of benzene rings is 1. The molecule has 2 atom stereocenters. The third-order valence-electron chi connectivity index (χ3n) is 5.07. The SMILES string of the molecule is Cc1cc(C)n(CC2CCCN2C(=O)C2Cc3ccccc3O2)n1. The van der Waals surface area contributed by atoms with Gasteiger partial charge in [0.15, 0.2) is 6.10 Å². The van der Waals surface area contributed by atoms with E-state index in [2.05, 4.69) is 18.1 Å². The Kier molecular flexibility index (Phi) is 3.79. The molecule has 1 aromatic heterocycles. The summed E-state index contributed by atoms with van der Waals surface area (Å²) < 4.78 is 7.92. The van der Waals surface area contributed by atoms with Crippen molar-refractivity contribution in [2.24, 2.45) is 0 Å². The second-order valence-corrected chi connectivity index (χ2v) is 6.86. The zero-order valence-electron chi connectivity index (χ0n) is 14.2. The van der Waals surface area contributed by atoms with E-state index in [1.807, 2.05) is 40.8 Å². The van der Waals surface area contributed by atoms with Gasteiger partial charge in [-0.1, -0.05) is 18.2 Å². The van der Waals surface area contributed by atoms with Crippen LogP contribution in [0.15, 0.2) is 30.3 Å². The number of aromatic nitrogens is 2. The summed E-state index contributed by atoms with van der Waals surface area (Å²) in [5, 5.41) is 4.54. The monoisotopic (exact) mass is 325 g/mol. The number of fused-ring (bicyclic) bond motifs is 1. The molecule has 5 heteroatoms. The molecule has 1 aromatic carbocycles. The minimum atomic E-state index is -0.372. The van der Waals surface area contributed by atoms with Gasteiger partial charge in [0, 0.05) is 18.7 Å². The van der Waals surface area contributed by atoms with Gasteiger partial charge >= 0.3 is 0 Å². The van der Waals surface area contributed by atoms with Gasteiger partial charge in [-0.15, -0.1) is 0 Å². The lowest BCUT2D eigenvalue weighted by Crippen LogP contribution is -2.45. The average Bonchev–Trinajstić information content (AvgIpc) is 3.26. The zero-order valence-corrected chi connectivity index (χ0v) is 14.2. The third-order valence-corrected chi connectivity index (χ3v) is 5.07. The number of nitrogens with zero attached hydrogens (tertiary/aromatic N) is 3. The van der Waals surface area contributed by atoms with E-state index in [0.717, 1.165) is 48.6 Å². The Bertz CT molecular complexity index is 743. The molecule has 1 amide bonds. The van der Waals surface area contributed by atoms with E-state index < -0.39 is 0 Å². The molecular formula is C19H23N3O2. The average molecular weight is 325 g/mol. The highest BCUT2D eigenvalue weighted by Gasteiger charge is 2.37. The summed E-state index contributed by atoms with van der Waals surface area (Å²) in [4.78, 5) is 15.0. The van der Waals surface area contributed by atoms with Crippen molar-refractivity contribution < 1.29 is 9.53 Å². The van der Waals surface area contributed by atoms with Gasteiger partial charge in [-0.3, -0.25) is 9.48 Å². The van der Waals surface area contributed by atoms with Crippen LogP contribution in [0.4, 0.5) is 0 Å². The molecule has 2 aromatic rings. The van der Waals surface area contributed by atoms with Crippen LogP contribution in [-0.4, -0.2) is 39.3 Å². The fourth-order valence-corrected chi connectivity index (χ4v) is 3.88. The highest BCUT2D eigenvalue weighted by atomic mass is 16.5. The van der Waals surface area contributed by atoms with Crippen molar-refractivity contribution in [2.75, 3.05) is 6.54 Å². The largest absolute Gasteiger partial charge is 0.480 e. The standard InChI is InChI=1S/C19H23N3O2/c1-13-10-14(2)22(20-13)12-16-7-5-9-21(16)19(23)18-11-15-6-3-4-8-17(15)24-18/h3-4,6,8,10,16,18H,5,7,9,11-12H2,1-2H3. The van der Waals surface area contributed by atoms with Crippen LogP contribution in [0.5, 0.6) is 5.75 Å². The van der Waals surface area contributed by atoms with Gasteiger partial charge in [0.25, 0.3) is 5.91 Å². The van der Waals surface area contributed by atoms with E-state index in [4.69, 9.17) is 4.74 Å². The summed E-state index contributed by atoms with van der Waals surface area (Å²) in [5.41, 5.74) is 3.31. The molecule has 0 N–H and O–H groups in total. The summed E-state index contributed by atoms with van der Waals surface area (Å²) in [6.07, 6.45) is 2.39. The topological polar surface area (TPSA) is 47.4 Å². The van der Waals surface area contributed by atoms with Gasteiger partial charge in [0.2, 0.25) is 0 Å². The molecule has 0 bridgehead atoms. The third kappa shape index (κ3) is 2.68. The first-order valence-electron chi connectivity index (χ1n) is 8.68. The van der Waals surface area contributed by atoms with Gasteiger partial charge in [-0.2, -0.15) is 5.10 Å². The maximum atomic E-state index is 13.0. The van der Waals surface area contributed by atoms with E-state index >= 15 is 0 Å². The van der Waals surface area contributed by atoms with Gasteiger partial charge in [-0.05, 0) is 44.4 Å². The molecule has 1 saturated heterocycles. The van der Waals surface area contributed by atoms with Gasteiger partial charge in [0.05, 0.1) is 18.3 Å². The molecule has 0 spiro atoms. The summed E-state index contributed by atoms with van der Waals surface area (Å²) in [7, 11) is 0. The second-order valence-electron chi connectivity index (χ2n) is 6.86. The number of carbonyl (C=O) groups excluding carboxylic acids is 1. The molecule has 2 aliphatic heterocycles. The fraction of sp³-hybridized carbons (Fsp3) is 0.474. The van der Waals surface area contributed by atoms with Crippen LogP contribution < -0.4 is 4.74 Å². The Morgan fingerprint density at radius 2 is 2.17 bits per heavy atom. The van der Waals surface area contributed by atoms with Gasteiger partial charge in [-0.25, -0.2) is 0 Å². The number of ether oxygens (including phenoxy) is 1. The molecule has 5 nitrogen and oxygen atoms in total. The Labute approximate surface area is 142 Å². The van der Waals surface area contributed by atoms with Crippen molar-refractivity contribution in [3.05, 3.63) is 47.3 Å². The molecular weight excluding hydrogens is 302 g/mol. The van der Waals surface area contributed by atoms with Crippen LogP contribution in [0.2, 0.25) is 0 Å². The maximum Gasteiger partial charge on any atom is 0.264 e. The van der Waals surface area contributed by atoms with Crippen molar-refractivity contribution >= 4 is 5.91 Å². The van der Waals surface area contributed by atoms with Gasteiger partial charge in [0.1, 0.15) is 5.75 Å². The van der Waals surface area contributed by atoms with Crippen molar-refractivity contribution in [1.82, 2.24) is 14.7 Å². The van der Waals surface area contributed by atoms with Crippen molar-refractivity contribution in [1.29, 1.82) is 0 Å². The Morgan fingerprint density at radius 3 is 2.92 bits per heavy atom. The number of amides is 1. The lowest BCUT2D eigenvalue weighted by atomic mass is 10.1. The first-order chi connectivity index (χ1) is 11.6. The Balaban J connectivity index is 1.47. The summed E-state index contributed by atoms with van der Waals surface area (Å²) >= 11 is 0. The normalized spacial score (nSPS) is 22.5. The van der Waals surface area contributed by atoms with Crippen LogP contribution in [-0.2, 0) is 17.8 Å². The second kappa shape index (κ2) is 5.96. The molecule has 3 heterocycles. The van der Waals surface area contributed by atoms with E-state index in [9.17, 15) is 4.79 Å². The zero-order chi connectivity index (χ0) is 16.7. The lowest BCUT2D eigenvalue weighted by molar-refractivity contribution is -0.139. The van der Waals surface area contributed by atoms with Crippen molar-refractivity contribution in [3.63, 3.8) is 0 Å². The Hall–Kier alpha value is -2.30. The number of aryl methyl sites for hydroxylation is 2. The molecule has 2 aliphatic rings. The predicted molar refractivity (Wildman–Crippen MR) is 91.0 cm³/mol. The smallest absolute Gasteiger partial charge is 0.264 e. The van der Waals surface area contributed by atoms with Crippen molar-refractivity contribution in [3.8, 4) is 5.75 Å². The number of likely N-dealkylation sites (tertiary alicyclic amines) is 1. The highest BCUT2D eigenvalue weighted by molar-refractivity contribution is 5.83. The van der Waals surface area contributed by atoms with Crippen LogP contribution in [0.3, 0.4) is 0 Å². The molecule has 0 saturated carbocycles. The minimum Gasteiger partial charge on any atom is -0.480 e. The number of hydrogen-bond donors (Lipinski definition) is 0. The lowest BCUT2D eigenvalue weighted by Gasteiger charge is -2.27. The summed E-state index contributed by atoms with van der Waals surface area (Å²) in [6, 6.07) is 10.2.